The molecule has 20 heavy (non-hydrogen) atoms. The smallest absolute Gasteiger partial charge is 0.0625 e. The Kier molecular flexibility index (Phi) is 5.36. The number of hydrogen-bond acceptors (Lipinski definition) is 2. The minimum absolute atomic E-state index is 0.871. The van der Waals surface area contributed by atoms with Crippen LogP contribution in [-0.4, -0.2) is 9.78 Å². The highest BCUT2D eigenvalue weighted by molar-refractivity contribution is 5.22. The molecule has 1 heterocycles. The lowest BCUT2D eigenvalue weighted by Gasteiger charge is -2.07. The van der Waals surface area contributed by atoms with Crippen molar-refractivity contribution in [2.45, 2.75) is 53.2 Å². The highest BCUT2D eigenvalue weighted by Crippen LogP contribution is 2.07. The number of nitrogens with one attached hydrogen (secondary N) is 1. The predicted octanol–water partition coefficient (Wildman–Crippen LogP) is 3.32. The minimum atomic E-state index is 0.871. The van der Waals surface area contributed by atoms with Crippen molar-refractivity contribution in [1.82, 2.24) is 15.1 Å². The molecule has 0 aliphatic carbocycles. The molecule has 3 heteroatoms. The summed E-state index contributed by atoms with van der Waals surface area (Å²) < 4.78 is 2.09. The molecule has 2 rings (SSSR count). The van der Waals surface area contributed by atoms with Crippen LogP contribution in [0.4, 0.5) is 0 Å². The number of nitrogens with zero attached hydrogens (tertiary/aromatic N) is 2. The van der Waals surface area contributed by atoms with Crippen LogP contribution in [0.2, 0.25) is 0 Å². The van der Waals surface area contributed by atoms with Crippen LogP contribution in [0.3, 0.4) is 0 Å². The molecule has 0 amide bonds. The molecule has 0 saturated carbocycles. The van der Waals surface area contributed by atoms with Gasteiger partial charge in [0.1, 0.15) is 0 Å². The zero-order valence-corrected chi connectivity index (χ0v) is 12.8. The van der Waals surface area contributed by atoms with E-state index in [1.807, 2.05) is 0 Å². The highest BCUT2D eigenvalue weighted by atomic mass is 15.3. The Morgan fingerprint density at radius 2 is 1.65 bits per heavy atom. The first kappa shape index (κ1) is 14.8. The summed E-state index contributed by atoms with van der Waals surface area (Å²) in [7, 11) is 0. The van der Waals surface area contributed by atoms with Gasteiger partial charge in [-0.05, 0) is 37.0 Å². The first-order chi connectivity index (χ1) is 9.76. The fourth-order valence-corrected chi connectivity index (χ4v) is 2.33. The molecular weight excluding hydrogens is 246 g/mol. The molecule has 0 saturated heterocycles. The van der Waals surface area contributed by atoms with Gasteiger partial charge in [0.2, 0.25) is 0 Å². The number of benzene rings is 1. The predicted molar refractivity (Wildman–Crippen MR) is 83.6 cm³/mol. The molecule has 0 radical (unpaired) electrons. The Balaban J connectivity index is 1.90. The van der Waals surface area contributed by atoms with Crippen LogP contribution in [0.1, 0.15) is 43.3 Å². The van der Waals surface area contributed by atoms with Gasteiger partial charge in [0.15, 0.2) is 0 Å². The summed E-state index contributed by atoms with van der Waals surface area (Å²) in [5, 5.41) is 8.08. The fraction of sp³-hybridized carbons (Fsp3) is 0.471. The monoisotopic (exact) mass is 271 g/mol. The molecule has 108 valence electrons. The highest BCUT2D eigenvalue weighted by Gasteiger charge is 2.05. The van der Waals surface area contributed by atoms with Crippen molar-refractivity contribution in [2.24, 2.45) is 0 Å². The van der Waals surface area contributed by atoms with Gasteiger partial charge in [-0.2, -0.15) is 5.10 Å². The van der Waals surface area contributed by atoms with Crippen LogP contribution in [0.5, 0.6) is 0 Å². The standard InChI is InChI=1S/C17H25N3/c1-4-14-7-9-15(10-8-14)12-18-13-17-11-16(5-2)19-20(17)6-3/h7-11,18H,4-6,12-13H2,1-3H3. The van der Waals surface area contributed by atoms with Crippen molar-refractivity contribution in [1.29, 1.82) is 0 Å². The summed E-state index contributed by atoms with van der Waals surface area (Å²) in [6.45, 7) is 9.18. The fourth-order valence-electron chi connectivity index (χ4n) is 2.33. The quantitative estimate of drug-likeness (QED) is 0.837. The van der Waals surface area contributed by atoms with Crippen LogP contribution in [-0.2, 0) is 32.5 Å². The van der Waals surface area contributed by atoms with Gasteiger partial charge in [-0.3, -0.25) is 4.68 Å². The van der Waals surface area contributed by atoms with E-state index in [-0.39, 0.29) is 0 Å². The van der Waals surface area contributed by atoms with E-state index >= 15 is 0 Å². The zero-order chi connectivity index (χ0) is 14.4. The molecule has 1 aromatic carbocycles. The lowest BCUT2D eigenvalue weighted by atomic mass is 10.1. The van der Waals surface area contributed by atoms with Crippen molar-refractivity contribution < 1.29 is 0 Å². The lowest BCUT2D eigenvalue weighted by molar-refractivity contribution is 0.577. The van der Waals surface area contributed by atoms with E-state index < -0.39 is 0 Å². The third-order valence-electron chi connectivity index (χ3n) is 3.64. The van der Waals surface area contributed by atoms with E-state index in [2.05, 4.69) is 66.2 Å². The van der Waals surface area contributed by atoms with E-state index in [9.17, 15) is 0 Å². The topological polar surface area (TPSA) is 29.9 Å². The van der Waals surface area contributed by atoms with Gasteiger partial charge in [0.25, 0.3) is 0 Å². The van der Waals surface area contributed by atoms with Gasteiger partial charge in [-0.25, -0.2) is 0 Å². The lowest BCUT2D eigenvalue weighted by Crippen LogP contribution is -2.16. The third kappa shape index (κ3) is 3.70. The molecule has 0 unspecified atom stereocenters. The average Bonchev–Trinajstić information content (AvgIpc) is 2.90. The summed E-state index contributed by atoms with van der Waals surface area (Å²) in [5.74, 6) is 0. The maximum absolute atomic E-state index is 4.57. The Bertz CT molecular complexity index is 526. The van der Waals surface area contributed by atoms with E-state index in [1.54, 1.807) is 0 Å². The minimum Gasteiger partial charge on any atom is -0.307 e. The SMILES string of the molecule is CCc1ccc(CNCc2cc(CC)nn2CC)cc1. The molecular formula is C17H25N3. The number of rotatable bonds is 7. The Labute approximate surface area is 122 Å². The maximum Gasteiger partial charge on any atom is 0.0625 e. The summed E-state index contributed by atoms with van der Waals surface area (Å²) >= 11 is 0. The van der Waals surface area contributed by atoms with Gasteiger partial charge in [0.05, 0.1) is 11.4 Å². The van der Waals surface area contributed by atoms with Crippen LogP contribution < -0.4 is 5.32 Å². The molecule has 3 nitrogen and oxygen atoms in total. The Hall–Kier alpha value is -1.61. The second-order valence-electron chi connectivity index (χ2n) is 5.07. The van der Waals surface area contributed by atoms with E-state index in [1.165, 1.54) is 22.5 Å². The van der Waals surface area contributed by atoms with Gasteiger partial charge < -0.3 is 5.32 Å². The molecule has 0 aliphatic rings. The van der Waals surface area contributed by atoms with Gasteiger partial charge >= 0.3 is 0 Å². The summed E-state index contributed by atoms with van der Waals surface area (Å²) in [5.41, 5.74) is 5.18. The zero-order valence-electron chi connectivity index (χ0n) is 12.8. The van der Waals surface area contributed by atoms with Gasteiger partial charge in [0, 0.05) is 19.6 Å². The molecule has 0 fully saturated rings. The Morgan fingerprint density at radius 1 is 0.950 bits per heavy atom. The van der Waals surface area contributed by atoms with Crippen molar-refractivity contribution in [3.05, 3.63) is 52.8 Å². The van der Waals surface area contributed by atoms with Gasteiger partial charge in [-0.1, -0.05) is 38.1 Å². The van der Waals surface area contributed by atoms with Crippen molar-refractivity contribution in [3.63, 3.8) is 0 Å². The summed E-state index contributed by atoms with van der Waals surface area (Å²) in [4.78, 5) is 0. The van der Waals surface area contributed by atoms with Crippen LogP contribution in [0, 0.1) is 0 Å². The first-order valence-electron chi connectivity index (χ1n) is 7.60. The van der Waals surface area contributed by atoms with Crippen molar-refractivity contribution in [3.8, 4) is 0 Å². The second-order valence-corrected chi connectivity index (χ2v) is 5.07. The number of hydrogen-bond donors (Lipinski definition) is 1. The number of aryl methyl sites for hydroxylation is 3. The molecule has 0 aliphatic heterocycles. The normalized spacial score (nSPS) is 10.9. The number of aromatic nitrogens is 2. The second kappa shape index (κ2) is 7.25. The van der Waals surface area contributed by atoms with Crippen LogP contribution in [0.25, 0.3) is 0 Å². The largest absolute Gasteiger partial charge is 0.307 e. The summed E-state index contributed by atoms with van der Waals surface area (Å²) in [6.07, 6.45) is 2.10. The van der Waals surface area contributed by atoms with Crippen molar-refractivity contribution in [2.75, 3.05) is 0 Å². The van der Waals surface area contributed by atoms with Crippen LogP contribution in [0.15, 0.2) is 30.3 Å². The third-order valence-corrected chi connectivity index (χ3v) is 3.64. The maximum atomic E-state index is 4.57. The van der Waals surface area contributed by atoms with E-state index in [0.717, 1.165) is 32.5 Å². The first-order valence-corrected chi connectivity index (χ1v) is 7.60. The Morgan fingerprint density at radius 3 is 2.25 bits per heavy atom. The summed E-state index contributed by atoms with van der Waals surface area (Å²) in [6, 6.07) is 11.0. The van der Waals surface area contributed by atoms with Crippen LogP contribution >= 0.6 is 0 Å². The van der Waals surface area contributed by atoms with Gasteiger partial charge in [-0.15, -0.1) is 0 Å². The van der Waals surface area contributed by atoms with E-state index in [0.29, 0.717) is 0 Å². The molecule has 2 aromatic rings. The molecule has 0 spiro atoms. The molecule has 1 aromatic heterocycles. The molecule has 1 N–H and O–H groups in total. The van der Waals surface area contributed by atoms with Crippen molar-refractivity contribution >= 4 is 0 Å². The van der Waals surface area contributed by atoms with E-state index in [4.69, 9.17) is 0 Å². The molecule has 0 bridgehead atoms. The molecule has 0 atom stereocenters. The average molecular weight is 271 g/mol.